The molecular formula is C20H23IN6O3. The third-order valence-corrected chi connectivity index (χ3v) is 4.19. The maximum absolute atomic E-state index is 5.41. The first kappa shape index (κ1) is 21.8. The minimum atomic E-state index is 0. The number of fused-ring (bicyclic) bond motifs is 1. The number of pyridine rings is 1. The predicted octanol–water partition coefficient (Wildman–Crippen LogP) is 2.78. The van der Waals surface area contributed by atoms with Gasteiger partial charge in [-0.25, -0.2) is 4.99 Å². The van der Waals surface area contributed by atoms with Crippen LogP contribution >= 0.6 is 24.0 Å². The van der Waals surface area contributed by atoms with E-state index in [9.17, 15) is 0 Å². The lowest BCUT2D eigenvalue weighted by Crippen LogP contribution is -2.38. The lowest BCUT2D eigenvalue weighted by atomic mass is 10.2. The average Bonchev–Trinajstić information content (AvgIpc) is 3.42. The van der Waals surface area contributed by atoms with Gasteiger partial charge in [-0.05, 0) is 36.8 Å². The molecule has 0 aliphatic carbocycles. The van der Waals surface area contributed by atoms with E-state index in [4.69, 9.17) is 14.0 Å². The Morgan fingerprint density at radius 3 is 2.87 bits per heavy atom. The van der Waals surface area contributed by atoms with E-state index >= 15 is 0 Å². The lowest BCUT2D eigenvalue weighted by Gasteiger charge is -2.10. The van der Waals surface area contributed by atoms with Crippen molar-refractivity contribution in [2.24, 2.45) is 4.99 Å². The number of nitrogens with one attached hydrogen (secondary N) is 2. The summed E-state index contributed by atoms with van der Waals surface area (Å²) < 4.78 is 16.0. The quantitative estimate of drug-likeness (QED) is 0.277. The minimum Gasteiger partial charge on any atom is -0.454 e. The van der Waals surface area contributed by atoms with E-state index in [-0.39, 0.29) is 30.8 Å². The van der Waals surface area contributed by atoms with Crippen LogP contribution in [0.1, 0.15) is 18.3 Å². The van der Waals surface area contributed by atoms with Gasteiger partial charge in [0.05, 0.1) is 6.54 Å². The van der Waals surface area contributed by atoms with Crippen molar-refractivity contribution in [3.8, 4) is 23.1 Å². The first-order chi connectivity index (χ1) is 14.3. The highest BCUT2D eigenvalue weighted by molar-refractivity contribution is 14.0. The highest BCUT2D eigenvalue weighted by Crippen LogP contribution is 2.32. The first-order valence-electron chi connectivity index (χ1n) is 9.46. The molecule has 2 aromatic heterocycles. The van der Waals surface area contributed by atoms with Crippen molar-refractivity contribution in [2.45, 2.75) is 19.9 Å². The molecule has 3 heterocycles. The summed E-state index contributed by atoms with van der Waals surface area (Å²) in [4.78, 5) is 13.2. The summed E-state index contributed by atoms with van der Waals surface area (Å²) in [5.74, 6) is 3.29. The molecule has 0 fully saturated rings. The average molecular weight is 522 g/mol. The zero-order chi connectivity index (χ0) is 19.9. The fourth-order valence-electron chi connectivity index (χ4n) is 2.79. The monoisotopic (exact) mass is 522 g/mol. The summed E-state index contributed by atoms with van der Waals surface area (Å²) >= 11 is 0. The highest BCUT2D eigenvalue weighted by atomic mass is 127. The minimum absolute atomic E-state index is 0. The Morgan fingerprint density at radius 1 is 1.13 bits per heavy atom. The molecule has 0 radical (unpaired) electrons. The Balaban J connectivity index is 0.00000256. The number of aromatic nitrogens is 3. The van der Waals surface area contributed by atoms with Crippen molar-refractivity contribution in [3.63, 3.8) is 0 Å². The normalized spacial score (nSPS) is 12.4. The van der Waals surface area contributed by atoms with Gasteiger partial charge in [0.15, 0.2) is 23.3 Å². The van der Waals surface area contributed by atoms with Crippen LogP contribution in [0.5, 0.6) is 11.5 Å². The number of rotatable bonds is 7. The molecule has 2 N–H and O–H groups in total. The summed E-state index contributed by atoms with van der Waals surface area (Å²) in [5, 5.41) is 10.5. The molecule has 1 aliphatic rings. The van der Waals surface area contributed by atoms with Gasteiger partial charge >= 0.3 is 0 Å². The summed E-state index contributed by atoms with van der Waals surface area (Å²) in [5.41, 5.74) is 1.71. The summed E-state index contributed by atoms with van der Waals surface area (Å²) in [6.07, 6.45) is 2.30. The molecule has 0 atom stereocenters. The van der Waals surface area contributed by atoms with E-state index in [1.807, 2.05) is 43.3 Å². The Morgan fingerprint density at radius 2 is 2.03 bits per heavy atom. The molecule has 0 saturated carbocycles. The van der Waals surface area contributed by atoms with Crippen molar-refractivity contribution >= 4 is 29.9 Å². The van der Waals surface area contributed by atoms with Gasteiger partial charge in [-0.3, -0.25) is 4.98 Å². The van der Waals surface area contributed by atoms with E-state index in [1.54, 1.807) is 6.20 Å². The summed E-state index contributed by atoms with van der Waals surface area (Å²) in [6, 6.07) is 11.4. The van der Waals surface area contributed by atoms with Crippen LogP contribution in [0, 0.1) is 0 Å². The number of guanidine groups is 1. The molecule has 30 heavy (non-hydrogen) atoms. The van der Waals surface area contributed by atoms with Crippen molar-refractivity contribution in [2.75, 3.05) is 19.9 Å². The predicted molar refractivity (Wildman–Crippen MR) is 122 cm³/mol. The standard InChI is InChI=1S/C20H22N6O3.HI/c1-2-21-20(24-12-14-6-7-16-17(11-14)28-13-27-16)23-10-8-18-25-19(29-26-18)15-5-3-4-9-22-15;/h3-7,9,11H,2,8,10,12-13H2,1H3,(H2,21,23,24);1H. The number of halogens is 1. The van der Waals surface area contributed by atoms with Crippen LogP contribution in [0.3, 0.4) is 0 Å². The molecule has 0 amide bonds. The number of aliphatic imine (C=N–C) groups is 1. The topological polar surface area (TPSA) is 107 Å². The van der Waals surface area contributed by atoms with E-state index in [2.05, 4.69) is 30.8 Å². The molecule has 0 saturated heterocycles. The second kappa shape index (κ2) is 10.8. The zero-order valence-electron chi connectivity index (χ0n) is 16.5. The third kappa shape index (κ3) is 5.59. The van der Waals surface area contributed by atoms with Gasteiger partial charge in [-0.15, -0.1) is 24.0 Å². The summed E-state index contributed by atoms with van der Waals surface area (Å²) in [7, 11) is 0. The molecule has 10 heteroatoms. The summed E-state index contributed by atoms with van der Waals surface area (Å²) in [6.45, 7) is 4.20. The fraction of sp³-hybridized carbons (Fsp3) is 0.300. The Labute approximate surface area is 191 Å². The van der Waals surface area contributed by atoms with Crippen molar-refractivity contribution < 1.29 is 14.0 Å². The molecule has 1 aliphatic heterocycles. The van der Waals surface area contributed by atoms with Crippen molar-refractivity contribution in [3.05, 3.63) is 54.0 Å². The molecule has 0 bridgehead atoms. The van der Waals surface area contributed by atoms with Crippen molar-refractivity contribution in [1.82, 2.24) is 25.8 Å². The fourth-order valence-corrected chi connectivity index (χ4v) is 2.79. The van der Waals surface area contributed by atoms with Gasteiger partial charge in [0.25, 0.3) is 5.89 Å². The number of nitrogens with zero attached hydrogens (tertiary/aromatic N) is 4. The molecule has 0 unspecified atom stereocenters. The molecule has 0 spiro atoms. The van der Waals surface area contributed by atoms with Gasteiger partial charge in [0.1, 0.15) is 5.69 Å². The van der Waals surface area contributed by atoms with Crippen molar-refractivity contribution in [1.29, 1.82) is 0 Å². The maximum atomic E-state index is 5.41. The van der Waals surface area contributed by atoms with Gasteiger partial charge in [0, 0.05) is 25.7 Å². The smallest absolute Gasteiger partial charge is 0.276 e. The van der Waals surface area contributed by atoms with Crippen LogP contribution in [-0.2, 0) is 13.0 Å². The SMILES string of the molecule is CCNC(=NCc1ccc2c(c1)OCO2)NCCc1noc(-c2ccccn2)n1.I. The van der Waals surface area contributed by atoms with Gasteiger partial charge in [-0.2, -0.15) is 4.98 Å². The number of hydrogen-bond acceptors (Lipinski definition) is 7. The maximum Gasteiger partial charge on any atom is 0.276 e. The molecule has 9 nitrogen and oxygen atoms in total. The van der Waals surface area contributed by atoms with E-state index in [0.717, 1.165) is 29.6 Å². The number of hydrogen-bond donors (Lipinski definition) is 2. The van der Waals surface area contributed by atoms with Crippen LogP contribution in [0.15, 0.2) is 52.1 Å². The van der Waals surface area contributed by atoms with E-state index < -0.39 is 0 Å². The van der Waals surface area contributed by atoms with E-state index in [0.29, 0.717) is 36.9 Å². The van der Waals surface area contributed by atoms with Gasteiger partial charge in [-0.1, -0.05) is 17.3 Å². The molecular weight excluding hydrogens is 499 g/mol. The van der Waals surface area contributed by atoms with Gasteiger partial charge in [0.2, 0.25) is 6.79 Å². The first-order valence-corrected chi connectivity index (χ1v) is 9.46. The second-order valence-electron chi connectivity index (χ2n) is 6.29. The Hall–Kier alpha value is -2.89. The van der Waals surface area contributed by atoms with Crippen LogP contribution in [0.4, 0.5) is 0 Å². The zero-order valence-corrected chi connectivity index (χ0v) is 18.8. The largest absolute Gasteiger partial charge is 0.454 e. The molecule has 1 aromatic carbocycles. The second-order valence-corrected chi connectivity index (χ2v) is 6.29. The Kier molecular flexibility index (Phi) is 7.82. The van der Waals surface area contributed by atoms with Crippen LogP contribution in [0.25, 0.3) is 11.6 Å². The van der Waals surface area contributed by atoms with Crippen LogP contribution in [-0.4, -0.2) is 41.0 Å². The van der Waals surface area contributed by atoms with Crippen LogP contribution in [0.2, 0.25) is 0 Å². The molecule has 4 rings (SSSR count). The molecule has 158 valence electrons. The lowest BCUT2D eigenvalue weighted by molar-refractivity contribution is 0.174. The third-order valence-electron chi connectivity index (χ3n) is 4.19. The number of benzene rings is 1. The number of ether oxygens (including phenoxy) is 2. The highest BCUT2D eigenvalue weighted by Gasteiger charge is 2.13. The van der Waals surface area contributed by atoms with E-state index in [1.165, 1.54) is 0 Å². The Bertz CT molecular complexity index is 980. The van der Waals surface area contributed by atoms with Gasteiger partial charge < -0.3 is 24.6 Å². The van der Waals surface area contributed by atoms with Crippen LogP contribution < -0.4 is 20.1 Å². The molecule has 3 aromatic rings.